The molecule has 0 radical (unpaired) electrons. The number of likely N-dealkylation sites (tertiary alicyclic amines) is 1. The van der Waals surface area contributed by atoms with Crippen LogP contribution >= 0.6 is 11.6 Å². The number of nitrogens with one attached hydrogen (secondary N) is 1. The van der Waals surface area contributed by atoms with Gasteiger partial charge in [-0.05, 0) is 43.4 Å². The minimum Gasteiger partial charge on any atom is -0.487 e. The topological polar surface area (TPSA) is 79.0 Å². The van der Waals surface area contributed by atoms with Crippen LogP contribution in [-0.2, 0) is 16.1 Å². The Bertz CT molecular complexity index is 1200. The van der Waals surface area contributed by atoms with Crippen molar-refractivity contribution < 1.29 is 19.1 Å². The second-order valence-corrected chi connectivity index (χ2v) is 10.8. The van der Waals surface area contributed by atoms with E-state index in [4.69, 9.17) is 16.3 Å². The molecule has 3 amide bonds. The molecule has 36 heavy (non-hydrogen) atoms. The minimum atomic E-state index is -0.658. The maximum atomic E-state index is 13.1. The summed E-state index contributed by atoms with van der Waals surface area (Å²) in [7, 11) is 0. The maximum absolute atomic E-state index is 13.1. The predicted octanol–water partition coefficient (Wildman–Crippen LogP) is 3.89. The van der Waals surface area contributed by atoms with Gasteiger partial charge in [0.15, 0.2) is 0 Å². The highest BCUT2D eigenvalue weighted by molar-refractivity contribution is 6.33. The lowest BCUT2D eigenvalue weighted by molar-refractivity contribution is -0.136. The van der Waals surface area contributed by atoms with Gasteiger partial charge in [0, 0.05) is 49.1 Å². The van der Waals surface area contributed by atoms with E-state index in [1.807, 2.05) is 0 Å². The first-order chi connectivity index (χ1) is 17.5. The number of ether oxygens (including phenoxy) is 1. The van der Waals surface area contributed by atoms with Crippen LogP contribution in [0.25, 0.3) is 0 Å². The molecule has 3 heterocycles. The summed E-state index contributed by atoms with van der Waals surface area (Å²) in [5.74, 6) is 0.227. The Morgan fingerprint density at radius 2 is 1.72 bits per heavy atom. The molecule has 1 unspecified atom stereocenters. The third-order valence-electron chi connectivity index (χ3n) is 8.21. The molecule has 1 N–H and O–H groups in total. The fourth-order valence-electron chi connectivity index (χ4n) is 6.19. The Morgan fingerprint density at radius 1 is 0.944 bits per heavy atom. The van der Waals surface area contributed by atoms with Gasteiger partial charge < -0.3 is 9.64 Å². The van der Waals surface area contributed by atoms with Crippen LogP contribution in [0.3, 0.4) is 0 Å². The van der Waals surface area contributed by atoms with Crippen molar-refractivity contribution in [1.82, 2.24) is 15.1 Å². The fraction of sp³-hybridized carbons (Fsp3) is 0.464. The molecule has 0 spiro atoms. The van der Waals surface area contributed by atoms with Gasteiger partial charge in [0.05, 0.1) is 5.02 Å². The van der Waals surface area contributed by atoms with Crippen LogP contribution in [0.15, 0.2) is 42.5 Å². The van der Waals surface area contributed by atoms with E-state index in [-0.39, 0.29) is 30.9 Å². The van der Waals surface area contributed by atoms with Gasteiger partial charge in [-0.3, -0.25) is 24.6 Å². The van der Waals surface area contributed by atoms with Crippen molar-refractivity contribution in [3.05, 3.63) is 64.2 Å². The number of piperidine rings is 1. The first-order valence-corrected chi connectivity index (χ1v) is 13.3. The summed E-state index contributed by atoms with van der Waals surface area (Å²) in [5, 5.41) is 2.79. The van der Waals surface area contributed by atoms with Crippen molar-refractivity contribution in [3.8, 4) is 5.75 Å². The summed E-state index contributed by atoms with van der Waals surface area (Å²) >= 11 is 6.81. The Kier molecular flexibility index (Phi) is 6.21. The Labute approximate surface area is 215 Å². The molecule has 4 aliphatic rings. The molecule has 2 aromatic carbocycles. The molecule has 1 aliphatic carbocycles. The summed E-state index contributed by atoms with van der Waals surface area (Å²) in [5.41, 5.74) is 2.60. The van der Waals surface area contributed by atoms with Crippen LogP contribution in [0, 0.1) is 0 Å². The number of hydrogen-bond donors (Lipinski definition) is 1. The quantitative estimate of drug-likeness (QED) is 0.621. The summed E-state index contributed by atoms with van der Waals surface area (Å²) in [6.45, 7) is 2.33. The van der Waals surface area contributed by atoms with Crippen molar-refractivity contribution in [3.63, 3.8) is 0 Å². The van der Waals surface area contributed by atoms with Crippen molar-refractivity contribution in [2.75, 3.05) is 13.1 Å². The predicted molar refractivity (Wildman–Crippen MR) is 135 cm³/mol. The van der Waals surface area contributed by atoms with E-state index in [0.29, 0.717) is 40.3 Å². The van der Waals surface area contributed by atoms with Gasteiger partial charge in [0.25, 0.3) is 5.91 Å². The van der Waals surface area contributed by atoms with E-state index < -0.39 is 11.9 Å². The normalized spacial score (nSPS) is 27.0. The van der Waals surface area contributed by atoms with E-state index in [0.717, 1.165) is 32.4 Å². The van der Waals surface area contributed by atoms with Crippen LogP contribution in [0.2, 0.25) is 5.02 Å². The molecular formula is C28H30ClN3O4. The largest absolute Gasteiger partial charge is 0.487 e. The van der Waals surface area contributed by atoms with Gasteiger partial charge in [-0.25, -0.2) is 0 Å². The summed E-state index contributed by atoms with van der Waals surface area (Å²) in [6, 6.07) is 13.9. The maximum Gasteiger partial charge on any atom is 0.255 e. The average Bonchev–Trinajstić information content (AvgIpc) is 3.18. The number of carbonyl (C=O) groups is 3. The van der Waals surface area contributed by atoms with Crippen LogP contribution in [0.4, 0.5) is 0 Å². The number of nitrogens with zero attached hydrogens (tertiary/aromatic N) is 2. The third-order valence-corrected chi connectivity index (χ3v) is 8.62. The highest BCUT2D eigenvalue weighted by atomic mass is 35.5. The first kappa shape index (κ1) is 23.5. The Morgan fingerprint density at radius 3 is 2.50 bits per heavy atom. The van der Waals surface area contributed by atoms with Crippen molar-refractivity contribution in [2.45, 2.75) is 69.2 Å². The van der Waals surface area contributed by atoms with Gasteiger partial charge in [0.1, 0.15) is 17.9 Å². The van der Waals surface area contributed by atoms with E-state index in [1.54, 1.807) is 12.1 Å². The molecule has 3 atom stereocenters. The molecule has 0 aromatic heterocycles. The number of amides is 3. The molecule has 7 nitrogen and oxygen atoms in total. The summed E-state index contributed by atoms with van der Waals surface area (Å²) in [6.07, 6.45) is 5.02. The number of carbonyl (C=O) groups excluding carboxylic acids is 3. The van der Waals surface area contributed by atoms with Crippen molar-refractivity contribution in [2.24, 2.45) is 0 Å². The number of fused-ring (bicyclic) bond motifs is 1. The molecule has 2 aromatic rings. The Hall–Kier alpha value is -2.90. The Balaban J connectivity index is 1.16. The average molecular weight is 508 g/mol. The van der Waals surface area contributed by atoms with Crippen LogP contribution in [0.5, 0.6) is 5.75 Å². The summed E-state index contributed by atoms with van der Waals surface area (Å²) in [4.78, 5) is 41.0. The number of imide groups is 1. The highest BCUT2D eigenvalue weighted by Crippen LogP contribution is 2.40. The molecule has 2 saturated heterocycles. The third kappa shape index (κ3) is 4.18. The van der Waals surface area contributed by atoms with Gasteiger partial charge in [-0.1, -0.05) is 48.4 Å². The van der Waals surface area contributed by atoms with Crippen LogP contribution < -0.4 is 10.1 Å². The zero-order valence-corrected chi connectivity index (χ0v) is 20.9. The number of benzene rings is 2. The second-order valence-electron chi connectivity index (χ2n) is 10.4. The zero-order valence-electron chi connectivity index (χ0n) is 20.1. The molecule has 188 valence electrons. The first-order valence-electron chi connectivity index (χ1n) is 12.9. The number of rotatable bonds is 5. The minimum absolute atomic E-state index is 0.0503. The standard InChI is InChI=1S/C28H30ClN3O4/c29-26-20-16-32(22-11-13-25(33)30-27(22)34)28(35)19(20)10-12-24(26)36-23-9-5-4-8-21(23)31-14-18(15-31)17-6-2-1-3-7-17/h1-3,6-7,10,12,18,21-23H,4-5,8-9,11,13-16H2,(H,30,33,34)/t21?,22-,23-/m0/s1. The monoisotopic (exact) mass is 507 g/mol. The lowest BCUT2D eigenvalue weighted by Crippen LogP contribution is -2.57. The molecule has 8 heteroatoms. The van der Waals surface area contributed by atoms with Crippen LogP contribution in [0.1, 0.15) is 65.9 Å². The zero-order chi connectivity index (χ0) is 24.8. The molecule has 3 fully saturated rings. The van der Waals surface area contributed by atoms with E-state index >= 15 is 0 Å². The number of hydrogen-bond acceptors (Lipinski definition) is 5. The summed E-state index contributed by atoms with van der Waals surface area (Å²) < 4.78 is 6.55. The highest BCUT2D eigenvalue weighted by Gasteiger charge is 2.42. The lowest BCUT2D eigenvalue weighted by Gasteiger charge is -2.48. The molecule has 6 rings (SSSR count). The molecule has 3 aliphatic heterocycles. The van der Waals surface area contributed by atoms with Crippen molar-refractivity contribution in [1.29, 1.82) is 0 Å². The van der Waals surface area contributed by atoms with E-state index in [2.05, 4.69) is 40.5 Å². The molecule has 0 bridgehead atoms. The van der Waals surface area contributed by atoms with Gasteiger partial charge in [-0.15, -0.1) is 0 Å². The van der Waals surface area contributed by atoms with Gasteiger partial charge in [0.2, 0.25) is 11.8 Å². The van der Waals surface area contributed by atoms with E-state index in [1.165, 1.54) is 16.9 Å². The van der Waals surface area contributed by atoms with Crippen molar-refractivity contribution >= 4 is 29.3 Å². The smallest absolute Gasteiger partial charge is 0.255 e. The van der Waals surface area contributed by atoms with Crippen LogP contribution in [-0.4, -0.2) is 58.8 Å². The number of halogens is 1. The lowest BCUT2D eigenvalue weighted by atomic mass is 9.84. The van der Waals surface area contributed by atoms with E-state index in [9.17, 15) is 14.4 Å². The molecular weight excluding hydrogens is 478 g/mol. The fourth-order valence-corrected chi connectivity index (χ4v) is 6.46. The second kappa shape index (κ2) is 9.52. The van der Waals surface area contributed by atoms with Gasteiger partial charge >= 0.3 is 0 Å². The SMILES string of the molecule is O=C1CC[C@H](N2Cc3c(ccc(O[C@H]4CCCCC4N4CC(c5ccccc5)C4)c3Cl)C2=O)C(=O)N1. The van der Waals surface area contributed by atoms with Gasteiger partial charge in [-0.2, -0.15) is 0 Å². The molecule has 1 saturated carbocycles.